The second kappa shape index (κ2) is 13.9. The molecule has 0 saturated heterocycles. The fourth-order valence-corrected chi connectivity index (χ4v) is 3.91. The highest BCUT2D eigenvalue weighted by Gasteiger charge is 2.18. The van der Waals surface area contributed by atoms with Gasteiger partial charge in [0.15, 0.2) is 0 Å². The molecular weight excluding hydrogens is 460 g/mol. The molecule has 0 amide bonds. The number of rotatable bonds is 7. The fraction of sp³-hybridized carbons (Fsp3) is 0.480. The summed E-state index contributed by atoms with van der Waals surface area (Å²) in [5, 5.41) is 25.8. The molecule has 0 unspecified atom stereocenters. The summed E-state index contributed by atoms with van der Waals surface area (Å²) in [6.45, 7) is 0. The second-order valence-electron chi connectivity index (χ2n) is 8.44. The van der Waals surface area contributed by atoms with Crippen LogP contribution in [0.25, 0.3) is 0 Å². The molecule has 3 rings (SSSR count). The minimum absolute atomic E-state index is 0.0234. The van der Waals surface area contributed by atoms with Gasteiger partial charge in [-0.15, -0.1) is 0 Å². The van der Waals surface area contributed by atoms with Crippen LogP contribution in [0.4, 0.5) is 0 Å². The van der Waals surface area contributed by atoms with E-state index in [0.717, 1.165) is 69.6 Å². The van der Waals surface area contributed by atoms with Gasteiger partial charge in [0.05, 0.1) is 16.7 Å². The minimum Gasteiger partial charge on any atom is -0.478 e. The predicted molar refractivity (Wildman–Crippen MR) is 122 cm³/mol. The molecule has 3 N–H and O–H groups in total. The van der Waals surface area contributed by atoms with Gasteiger partial charge in [-0.1, -0.05) is 12.8 Å². The van der Waals surface area contributed by atoms with Crippen molar-refractivity contribution in [2.45, 2.75) is 76.4 Å². The van der Waals surface area contributed by atoms with Gasteiger partial charge in [0.25, 0.3) is 0 Å². The molecule has 10 nitrogen and oxygen atoms in total. The number of ether oxygens (including phenoxy) is 2. The van der Waals surface area contributed by atoms with E-state index in [1.54, 1.807) is 0 Å². The van der Waals surface area contributed by atoms with Crippen LogP contribution in [0.5, 0.6) is 0 Å². The average Bonchev–Trinajstić information content (AvgIpc) is 2.84. The van der Waals surface area contributed by atoms with E-state index in [-0.39, 0.29) is 28.9 Å². The molecule has 10 heteroatoms. The molecule has 0 radical (unpaired) electrons. The Hall–Kier alpha value is -3.69. The molecule has 2 aliphatic rings. The molecule has 1 aromatic carbocycles. The molecule has 2 aliphatic carbocycles. The number of aromatic carboxylic acids is 3. The summed E-state index contributed by atoms with van der Waals surface area (Å²) in [5.74, 6) is -4.99. The van der Waals surface area contributed by atoms with E-state index in [1.165, 1.54) is 25.0 Å². The Morgan fingerprint density at radius 3 is 1.11 bits per heavy atom. The van der Waals surface area contributed by atoms with E-state index >= 15 is 0 Å². The first-order valence-corrected chi connectivity index (χ1v) is 11.6. The molecule has 0 heterocycles. The Bertz CT molecular complexity index is 840. The van der Waals surface area contributed by atoms with Crippen LogP contribution in [0.3, 0.4) is 0 Å². The first kappa shape index (κ1) is 27.6. The number of hydrogen-bond donors (Lipinski definition) is 3. The number of carboxylic acid groups (broad SMARTS) is 3. The number of carbonyl (C=O) groups excluding carboxylic acids is 2. The van der Waals surface area contributed by atoms with Crippen LogP contribution in [-0.2, 0) is 19.1 Å². The summed E-state index contributed by atoms with van der Waals surface area (Å²) in [6.07, 6.45) is 13.1. The van der Waals surface area contributed by atoms with Gasteiger partial charge in [0.2, 0.25) is 0 Å². The highest BCUT2D eigenvalue weighted by molar-refractivity contribution is 5.99. The third-order valence-electron chi connectivity index (χ3n) is 5.70. The maximum absolute atomic E-state index is 11.6. The van der Waals surface area contributed by atoms with E-state index in [2.05, 4.69) is 0 Å². The van der Waals surface area contributed by atoms with Crippen molar-refractivity contribution < 1.29 is 48.8 Å². The zero-order valence-corrected chi connectivity index (χ0v) is 19.3. The Balaban J connectivity index is 0.000000258. The third-order valence-corrected chi connectivity index (χ3v) is 5.70. The van der Waals surface area contributed by atoms with Gasteiger partial charge in [0, 0.05) is 12.2 Å². The Labute approximate surface area is 202 Å². The van der Waals surface area contributed by atoms with Crippen LogP contribution >= 0.6 is 0 Å². The van der Waals surface area contributed by atoms with Gasteiger partial charge in [0.1, 0.15) is 12.2 Å². The van der Waals surface area contributed by atoms with Crippen molar-refractivity contribution in [3.63, 3.8) is 0 Å². The summed E-state index contributed by atoms with van der Waals surface area (Å²) < 4.78 is 10.6. The standard InChI is InChI=1S/C16H24O4.C9H6O6/c17-15(19-13-7-3-1-4-8-13)11-12-16(18)20-14-9-5-2-6-10-14;10-7(11)4-1-5(8(12)13)3-6(2-4)9(14)15/h11-14H,1-10H2;1-3H,(H,10,11)(H,12,13)(H,14,15)/b12-11-;. The van der Waals surface area contributed by atoms with Crippen LogP contribution < -0.4 is 0 Å². The van der Waals surface area contributed by atoms with Crippen LogP contribution in [-0.4, -0.2) is 57.4 Å². The highest BCUT2D eigenvalue weighted by atomic mass is 16.5. The largest absolute Gasteiger partial charge is 0.478 e. The molecule has 35 heavy (non-hydrogen) atoms. The van der Waals surface area contributed by atoms with Crippen molar-refractivity contribution >= 4 is 29.8 Å². The van der Waals surface area contributed by atoms with Gasteiger partial charge in [-0.05, 0) is 69.6 Å². The van der Waals surface area contributed by atoms with Gasteiger partial charge >= 0.3 is 29.8 Å². The molecule has 0 aliphatic heterocycles. The number of benzene rings is 1. The normalized spacial score (nSPS) is 16.6. The molecule has 2 fully saturated rings. The molecule has 0 bridgehead atoms. The van der Waals surface area contributed by atoms with E-state index in [9.17, 15) is 24.0 Å². The molecule has 190 valence electrons. The first-order chi connectivity index (χ1) is 16.7. The molecule has 0 aromatic heterocycles. The van der Waals surface area contributed by atoms with Crippen molar-refractivity contribution in [3.8, 4) is 0 Å². The van der Waals surface area contributed by atoms with Crippen LogP contribution in [0.15, 0.2) is 30.4 Å². The minimum atomic E-state index is -1.37. The Morgan fingerprint density at radius 1 is 0.571 bits per heavy atom. The molecular formula is C25H30O10. The van der Waals surface area contributed by atoms with Crippen LogP contribution in [0, 0.1) is 0 Å². The summed E-state index contributed by atoms with van der Waals surface area (Å²) in [4.78, 5) is 54.9. The lowest BCUT2D eigenvalue weighted by Gasteiger charge is -2.21. The average molecular weight is 491 g/mol. The topological polar surface area (TPSA) is 165 Å². The zero-order valence-electron chi connectivity index (χ0n) is 19.3. The predicted octanol–water partition coefficient (Wildman–Crippen LogP) is 4.08. The number of esters is 2. The first-order valence-electron chi connectivity index (χ1n) is 11.6. The summed E-state index contributed by atoms with van der Waals surface area (Å²) >= 11 is 0. The van der Waals surface area contributed by atoms with Crippen molar-refractivity contribution in [3.05, 3.63) is 47.0 Å². The van der Waals surface area contributed by atoms with Crippen molar-refractivity contribution in [2.24, 2.45) is 0 Å². The number of carbonyl (C=O) groups is 5. The lowest BCUT2D eigenvalue weighted by molar-refractivity contribution is -0.147. The maximum atomic E-state index is 11.6. The van der Waals surface area contributed by atoms with Crippen molar-refractivity contribution in [2.75, 3.05) is 0 Å². The van der Waals surface area contributed by atoms with Crippen LogP contribution in [0.2, 0.25) is 0 Å². The van der Waals surface area contributed by atoms with Gasteiger partial charge in [-0.25, -0.2) is 24.0 Å². The SMILES string of the molecule is O=C(/C=C\C(=O)OC1CCCCC1)OC1CCCCC1.O=C(O)c1cc(C(=O)O)cc(C(=O)O)c1. The van der Waals surface area contributed by atoms with Gasteiger partial charge < -0.3 is 24.8 Å². The van der Waals surface area contributed by atoms with Crippen molar-refractivity contribution in [1.82, 2.24) is 0 Å². The third kappa shape index (κ3) is 9.99. The van der Waals surface area contributed by atoms with Crippen LogP contribution in [0.1, 0.15) is 95.3 Å². The maximum Gasteiger partial charge on any atom is 0.335 e. The number of hydrogen-bond acceptors (Lipinski definition) is 7. The lowest BCUT2D eigenvalue weighted by atomic mass is 9.98. The molecule has 0 atom stereocenters. The highest BCUT2D eigenvalue weighted by Crippen LogP contribution is 2.21. The fourth-order valence-electron chi connectivity index (χ4n) is 3.91. The quantitative estimate of drug-likeness (QED) is 0.375. The smallest absolute Gasteiger partial charge is 0.335 e. The van der Waals surface area contributed by atoms with Crippen molar-refractivity contribution in [1.29, 1.82) is 0 Å². The summed E-state index contributed by atoms with van der Waals surface area (Å²) in [7, 11) is 0. The lowest BCUT2D eigenvalue weighted by Crippen LogP contribution is -2.21. The zero-order chi connectivity index (χ0) is 25.8. The Kier molecular flexibility index (Phi) is 10.9. The summed E-state index contributed by atoms with van der Waals surface area (Å²) in [5.41, 5.74) is -1.10. The van der Waals surface area contributed by atoms with Gasteiger partial charge in [-0.3, -0.25) is 0 Å². The Morgan fingerprint density at radius 2 is 0.857 bits per heavy atom. The van der Waals surface area contributed by atoms with E-state index in [4.69, 9.17) is 24.8 Å². The molecule has 0 spiro atoms. The monoisotopic (exact) mass is 490 g/mol. The molecule has 2 saturated carbocycles. The number of carboxylic acids is 3. The summed E-state index contributed by atoms with van der Waals surface area (Å²) in [6, 6.07) is 2.70. The molecule has 1 aromatic rings. The second-order valence-corrected chi connectivity index (χ2v) is 8.44. The van der Waals surface area contributed by atoms with E-state index < -0.39 is 29.8 Å². The van der Waals surface area contributed by atoms with E-state index in [0.29, 0.717) is 0 Å². The van der Waals surface area contributed by atoms with Gasteiger partial charge in [-0.2, -0.15) is 0 Å². The van der Waals surface area contributed by atoms with E-state index in [1.807, 2.05) is 0 Å².